The summed E-state index contributed by atoms with van der Waals surface area (Å²) in [6, 6.07) is 5.68. The Labute approximate surface area is 119 Å². The molecule has 0 spiro atoms. The van der Waals surface area contributed by atoms with Crippen LogP contribution in [-0.4, -0.2) is 22.1 Å². The lowest BCUT2D eigenvalue weighted by atomic mass is 10.1. The fourth-order valence-electron chi connectivity index (χ4n) is 1.81. The summed E-state index contributed by atoms with van der Waals surface area (Å²) in [5.41, 5.74) is 0.937. The van der Waals surface area contributed by atoms with Crippen molar-refractivity contribution in [2.24, 2.45) is 0 Å². The summed E-state index contributed by atoms with van der Waals surface area (Å²) in [5, 5.41) is 22.8. The Bertz CT molecular complexity index is 663. The molecule has 3 N–H and O–H groups in total. The maximum absolute atomic E-state index is 12.2. The standard InChI is InChI=1S/C14H13NO4S/c1-2-8-5-6-20-12(8)13(17)15-11-4-3-9(16)7-10(11)14(18)19/h3-7,16H,2H2,1H3,(H,15,17)(H,18,19). The molecule has 6 heteroatoms. The number of rotatable bonds is 4. The van der Waals surface area contributed by atoms with Crippen LogP contribution in [-0.2, 0) is 6.42 Å². The number of carbonyl (C=O) groups excluding carboxylic acids is 1. The van der Waals surface area contributed by atoms with Gasteiger partial charge in [-0.1, -0.05) is 6.92 Å². The number of carbonyl (C=O) groups is 2. The zero-order valence-corrected chi connectivity index (χ0v) is 11.5. The lowest BCUT2D eigenvalue weighted by Crippen LogP contribution is -2.14. The number of thiophene rings is 1. The van der Waals surface area contributed by atoms with Crippen LogP contribution < -0.4 is 5.32 Å². The van der Waals surface area contributed by atoms with Crippen LogP contribution in [0.15, 0.2) is 29.6 Å². The summed E-state index contributed by atoms with van der Waals surface area (Å²) in [7, 11) is 0. The first-order chi connectivity index (χ1) is 9.52. The first-order valence-electron chi connectivity index (χ1n) is 5.97. The Morgan fingerprint density at radius 2 is 2.05 bits per heavy atom. The number of carboxylic acids is 1. The number of anilines is 1. The largest absolute Gasteiger partial charge is 0.508 e. The van der Waals surface area contributed by atoms with Crippen molar-refractivity contribution < 1.29 is 19.8 Å². The molecule has 0 radical (unpaired) electrons. The van der Waals surface area contributed by atoms with Gasteiger partial charge in [0.05, 0.1) is 16.1 Å². The van der Waals surface area contributed by atoms with Gasteiger partial charge in [-0.05, 0) is 41.6 Å². The van der Waals surface area contributed by atoms with Gasteiger partial charge in [-0.25, -0.2) is 4.79 Å². The molecule has 2 aromatic rings. The molecule has 0 aliphatic carbocycles. The summed E-state index contributed by atoms with van der Waals surface area (Å²) in [5.74, 6) is -1.71. The summed E-state index contributed by atoms with van der Waals surface area (Å²) in [4.78, 5) is 23.8. The van der Waals surface area contributed by atoms with E-state index in [2.05, 4.69) is 5.32 Å². The summed E-state index contributed by atoms with van der Waals surface area (Å²) >= 11 is 1.31. The van der Waals surface area contributed by atoms with Crippen molar-refractivity contribution in [3.8, 4) is 5.75 Å². The predicted molar refractivity (Wildman–Crippen MR) is 76.7 cm³/mol. The monoisotopic (exact) mass is 291 g/mol. The molecule has 0 aliphatic heterocycles. The van der Waals surface area contributed by atoms with Gasteiger partial charge in [0, 0.05) is 0 Å². The van der Waals surface area contributed by atoms with E-state index in [0.29, 0.717) is 4.88 Å². The van der Waals surface area contributed by atoms with Crippen LogP contribution in [0.4, 0.5) is 5.69 Å². The van der Waals surface area contributed by atoms with E-state index in [1.54, 1.807) is 0 Å². The molecular formula is C14H13NO4S. The normalized spacial score (nSPS) is 10.2. The molecule has 0 fully saturated rings. The van der Waals surface area contributed by atoms with Crippen molar-refractivity contribution >= 4 is 28.9 Å². The lowest BCUT2D eigenvalue weighted by molar-refractivity contribution is 0.0697. The average Bonchev–Trinajstić information content (AvgIpc) is 2.89. The lowest BCUT2D eigenvalue weighted by Gasteiger charge is -2.09. The molecule has 0 aliphatic rings. The maximum atomic E-state index is 12.2. The second-order valence-electron chi connectivity index (χ2n) is 4.12. The second kappa shape index (κ2) is 5.75. The molecule has 104 valence electrons. The fraction of sp³-hybridized carbons (Fsp3) is 0.143. The number of phenols is 1. The van der Waals surface area contributed by atoms with E-state index >= 15 is 0 Å². The molecule has 1 aromatic carbocycles. The third-order valence-electron chi connectivity index (χ3n) is 2.82. The van der Waals surface area contributed by atoms with Crippen molar-refractivity contribution in [3.63, 3.8) is 0 Å². The van der Waals surface area contributed by atoms with Crippen molar-refractivity contribution in [1.29, 1.82) is 0 Å². The molecule has 0 saturated carbocycles. The number of hydrogen-bond donors (Lipinski definition) is 3. The van der Waals surface area contributed by atoms with E-state index in [4.69, 9.17) is 5.11 Å². The minimum absolute atomic E-state index is 0.145. The molecular weight excluding hydrogens is 278 g/mol. The zero-order chi connectivity index (χ0) is 14.7. The van der Waals surface area contributed by atoms with Gasteiger partial charge < -0.3 is 15.5 Å². The van der Waals surface area contributed by atoms with Gasteiger partial charge in [0.1, 0.15) is 5.75 Å². The fourth-order valence-corrected chi connectivity index (χ4v) is 2.70. The van der Waals surface area contributed by atoms with Crippen molar-refractivity contribution in [2.45, 2.75) is 13.3 Å². The second-order valence-corrected chi connectivity index (χ2v) is 5.03. The number of aromatic hydroxyl groups is 1. The number of aryl methyl sites for hydroxylation is 1. The van der Waals surface area contributed by atoms with Gasteiger partial charge in [0.15, 0.2) is 0 Å². The summed E-state index contributed by atoms with van der Waals surface area (Å²) < 4.78 is 0. The highest BCUT2D eigenvalue weighted by Gasteiger charge is 2.16. The quantitative estimate of drug-likeness (QED) is 0.756. The highest BCUT2D eigenvalue weighted by molar-refractivity contribution is 7.12. The van der Waals surface area contributed by atoms with Gasteiger partial charge in [-0.3, -0.25) is 4.79 Å². The van der Waals surface area contributed by atoms with Crippen LogP contribution in [0.25, 0.3) is 0 Å². The molecule has 20 heavy (non-hydrogen) atoms. The molecule has 1 heterocycles. The number of carboxylic acid groups (broad SMARTS) is 1. The number of benzene rings is 1. The van der Waals surface area contributed by atoms with Crippen LogP contribution in [0, 0.1) is 0 Å². The highest BCUT2D eigenvalue weighted by Crippen LogP contribution is 2.24. The van der Waals surface area contributed by atoms with E-state index in [-0.39, 0.29) is 22.9 Å². The third-order valence-corrected chi connectivity index (χ3v) is 3.77. The Hall–Kier alpha value is -2.34. The van der Waals surface area contributed by atoms with Crippen LogP contribution >= 0.6 is 11.3 Å². The highest BCUT2D eigenvalue weighted by atomic mass is 32.1. The minimum Gasteiger partial charge on any atom is -0.508 e. The number of hydrogen-bond acceptors (Lipinski definition) is 4. The van der Waals surface area contributed by atoms with Gasteiger partial charge in [-0.2, -0.15) is 0 Å². The van der Waals surface area contributed by atoms with E-state index in [9.17, 15) is 14.7 Å². The topological polar surface area (TPSA) is 86.6 Å². The number of aromatic carboxylic acids is 1. The van der Waals surface area contributed by atoms with Crippen molar-refractivity contribution in [2.75, 3.05) is 5.32 Å². The Morgan fingerprint density at radius 3 is 2.70 bits per heavy atom. The molecule has 0 unspecified atom stereocenters. The summed E-state index contributed by atoms with van der Waals surface area (Å²) in [6.45, 7) is 1.95. The van der Waals surface area contributed by atoms with Crippen molar-refractivity contribution in [3.05, 3.63) is 45.6 Å². The number of amides is 1. The maximum Gasteiger partial charge on any atom is 0.337 e. The van der Waals surface area contributed by atoms with Crippen molar-refractivity contribution in [1.82, 2.24) is 0 Å². The van der Waals surface area contributed by atoms with E-state index < -0.39 is 5.97 Å². The molecule has 1 aromatic heterocycles. The predicted octanol–water partition coefficient (Wildman–Crippen LogP) is 2.97. The molecule has 2 rings (SSSR count). The summed E-state index contributed by atoms with van der Waals surface area (Å²) in [6.07, 6.45) is 0.730. The minimum atomic E-state index is -1.21. The van der Waals surface area contributed by atoms with E-state index in [1.165, 1.54) is 23.5 Å². The average molecular weight is 291 g/mol. The first kappa shape index (κ1) is 14.1. The van der Waals surface area contributed by atoms with Crippen LogP contribution in [0.1, 0.15) is 32.5 Å². The van der Waals surface area contributed by atoms with Gasteiger partial charge >= 0.3 is 5.97 Å². The Balaban J connectivity index is 2.31. The molecule has 0 saturated heterocycles. The van der Waals surface area contributed by atoms with Gasteiger partial charge in [0.25, 0.3) is 5.91 Å². The zero-order valence-electron chi connectivity index (χ0n) is 10.7. The molecule has 5 nitrogen and oxygen atoms in total. The number of phenolic OH excluding ortho intramolecular Hbond substituents is 1. The Morgan fingerprint density at radius 1 is 1.30 bits per heavy atom. The first-order valence-corrected chi connectivity index (χ1v) is 6.85. The molecule has 0 atom stereocenters. The van der Waals surface area contributed by atoms with Crippen LogP contribution in [0.2, 0.25) is 0 Å². The van der Waals surface area contributed by atoms with Crippen LogP contribution in [0.3, 0.4) is 0 Å². The van der Waals surface area contributed by atoms with Crippen LogP contribution in [0.5, 0.6) is 5.75 Å². The van der Waals surface area contributed by atoms with Gasteiger partial charge in [0.2, 0.25) is 0 Å². The number of nitrogens with one attached hydrogen (secondary N) is 1. The van der Waals surface area contributed by atoms with E-state index in [1.807, 2.05) is 18.4 Å². The van der Waals surface area contributed by atoms with Gasteiger partial charge in [-0.15, -0.1) is 11.3 Å². The smallest absolute Gasteiger partial charge is 0.337 e. The SMILES string of the molecule is CCc1ccsc1C(=O)Nc1ccc(O)cc1C(=O)O. The molecule has 1 amide bonds. The third kappa shape index (κ3) is 2.80. The molecule has 0 bridgehead atoms. The Kier molecular flexibility index (Phi) is 4.05. The van der Waals surface area contributed by atoms with E-state index in [0.717, 1.165) is 18.1 Å².